The minimum atomic E-state index is -0.394. The van der Waals surface area contributed by atoms with E-state index in [1.807, 2.05) is 34.4 Å². The zero-order valence-corrected chi connectivity index (χ0v) is 22.5. The van der Waals surface area contributed by atoms with Gasteiger partial charge in [0.25, 0.3) is 5.56 Å². The van der Waals surface area contributed by atoms with Crippen LogP contribution in [0.15, 0.2) is 52.5 Å². The minimum Gasteiger partial charge on any atom is -0.348 e. The Morgan fingerprint density at radius 3 is 2.72 bits per heavy atom. The molecular formula is C28H25ClN8O2. The number of hydrogen-bond acceptors (Lipinski definition) is 5. The van der Waals surface area contributed by atoms with Gasteiger partial charge in [-0.05, 0) is 54.7 Å². The molecular weight excluding hydrogens is 516 g/mol. The summed E-state index contributed by atoms with van der Waals surface area (Å²) in [5.41, 5.74) is 3.86. The highest BCUT2D eigenvalue weighted by molar-refractivity contribution is 6.31. The molecule has 0 aliphatic heterocycles. The van der Waals surface area contributed by atoms with E-state index >= 15 is 0 Å². The Morgan fingerprint density at radius 1 is 1.23 bits per heavy atom. The molecule has 6 rings (SSSR count). The van der Waals surface area contributed by atoms with Gasteiger partial charge in [-0.25, -0.2) is 0 Å². The van der Waals surface area contributed by atoms with E-state index < -0.39 is 5.91 Å². The summed E-state index contributed by atoms with van der Waals surface area (Å²) in [4.78, 5) is 34.6. The second kappa shape index (κ2) is 9.36. The Balaban J connectivity index is 1.70. The predicted octanol–water partition coefficient (Wildman–Crippen LogP) is 3.52. The third-order valence-electron chi connectivity index (χ3n) is 7.14. The van der Waals surface area contributed by atoms with Gasteiger partial charge in [0.05, 0.1) is 23.3 Å². The van der Waals surface area contributed by atoms with Crippen LogP contribution in [0.4, 0.5) is 0 Å². The maximum Gasteiger partial charge on any atom is 0.266 e. The molecule has 196 valence electrons. The van der Waals surface area contributed by atoms with E-state index in [-0.39, 0.29) is 11.2 Å². The largest absolute Gasteiger partial charge is 0.348 e. The maximum absolute atomic E-state index is 13.9. The van der Waals surface area contributed by atoms with Crippen molar-refractivity contribution in [3.63, 3.8) is 0 Å². The molecule has 1 aliphatic rings. The SMILES string of the molecule is CC(=O)/N=c1\n(C)c(=O)c2c(-c3cc(C#N)cn3C)n(Cc3ccnc4ccc(Cl)cc34)nc2n1CC1CC1. The smallest absolute Gasteiger partial charge is 0.266 e. The number of nitrogens with zero attached hydrogens (tertiary/aromatic N) is 8. The number of aryl methyl sites for hydroxylation is 1. The van der Waals surface area contributed by atoms with Gasteiger partial charge >= 0.3 is 0 Å². The average Bonchev–Trinajstić information content (AvgIpc) is 3.54. The lowest BCUT2D eigenvalue weighted by Gasteiger charge is -2.12. The number of hydrogen-bond donors (Lipinski definition) is 0. The molecule has 0 spiro atoms. The molecule has 0 saturated heterocycles. The molecule has 0 radical (unpaired) electrons. The highest BCUT2D eigenvalue weighted by Crippen LogP contribution is 2.33. The van der Waals surface area contributed by atoms with Gasteiger partial charge in [0.15, 0.2) is 5.65 Å². The zero-order chi connectivity index (χ0) is 27.4. The van der Waals surface area contributed by atoms with Gasteiger partial charge in [-0.3, -0.25) is 28.4 Å². The summed E-state index contributed by atoms with van der Waals surface area (Å²) >= 11 is 6.33. The summed E-state index contributed by atoms with van der Waals surface area (Å²) in [6.45, 7) is 2.28. The van der Waals surface area contributed by atoms with Crippen molar-refractivity contribution in [1.29, 1.82) is 5.26 Å². The average molecular weight is 541 g/mol. The monoisotopic (exact) mass is 540 g/mol. The van der Waals surface area contributed by atoms with E-state index in [0.717, 1.165) is 29.3 Å². The molecule has 0 atom stereocenters. The maximum atomic E-state index is 13.9. The second-order valence-corrected chi connectivity index (χ2v) is 10.5. The van der Waals surface area contributed by atoms with E-state index in [9.17, 15) is 14.9 Å². The molecule has 1 fully saturated rings. The Labute approximate surface area is 228 Å². The van der Waals surface area contributed by atoms with Crippen LogP contribution in [-0.4, -0.2) is 34.4 Å². The molecule has 39 heavy (non-hydrogen) atoms. The van der Waals surface area contributed by atoms with Crippen LogP contribution >= 0.6 is 11.6 Å². The van der Waals surface area contributed by atoms with Crippen LogP contribution in [0.25, 0.3) is 33.3 Å². The van der Waals surface area contributed by atoms with Gasteiger partial charge in [-0.1, -0.05) is 11.6 Å². The number of carbonyl (C=O) groups is 1. The van der Waals surface area contributed by atoms with Crippen LogP contribution in [0.1, 0.15) is 30.9 Å². The number of amides is 1. The lowest BCUT2D eigenvalue weighted by Crippen LogP contribution is -2.40. The molecule has 0 bridgehead atoms. The molecule has 5 aromatic rings. The fraction of sp³-hybridized carbons (Fsp3) is 0.286. The van der Waals surface area contributed by atoms with Gasteiger partial charge in [0.2, 0.25) is 11.5 Å². The standard InChI is InChI=1S/C28H25ClN8O2/c1-16(38)32-28-35(3)27(39)24-25(23-10-18(12-30)13-34(23)2)37(33-26(24)36(28)14-17-4-5-17)15-19-8-9-31-22-7-6-20(29)11-21(19)22/h6-11,13,17H,4-5,14-15H2,1-3H3/b32-28+. The van der Waals surface area contributed by atoms with E-state index in [0.29, 0.717) is 52.0 Å². The van der Waals surface area contributed by atoms with E-state index in [1.54, 1.807) is 36.3 Å². The first-order valence-electron chi connectivity index (χ1n) is 12.6. The topological polar surface area (TPSA) is 116 Å². The van der Waals surface area contributed by atoms with E-state index in [1.165, 1.54) is 11.5 Å². The summed E-state index contributed by atoms with van der Waals surface area (Å²) < 4.78 is 6.91. The fourth-order valence-electron chi connectivity index (χ4n) is 5.08. The molecule has 10 nitrogen and oxygen atoms in total. The molecule has 0 unspecified atom stereocenters. The molecule has 1 aliphatic carbocycles. The number of nitriles is 1. The number of aromatic nitrogens is 6. The fourth-order valence-corrected chi connectivity index (χ4v) is 5.25. The van der Waals surface area contributed by atoms with Crippen LogP contribution < -0.4 is 11.2 Å². The van der Waals surface area contributed by atoms with Crippen molar-refractivity contribution in [3.8, 4) is 17.5 Å². The lowest BCUT2D eigenvalue weighted by atomic mass is 10.1. The summed E-state index contributed by atoms with van der Waals surface area (Å²) in [7, 11) is 3.46. The number of pyridine rings is 1. The van der Waals surface area contributed by atoms with Gasteiger partial charge in [-0.15, -0.1) is 0 Å². The quantitative estimate of drug-likeness (QED) is 0.338. The Morgan fingerprint density at radius 2 is 2.03 bits per heavy atom. The third-order valence-corrected chi connectivity index (χ3v) is 7.37. The van der Waals surface area contributed by atoms with E-state index in [4.69, 9.17) is 16.7 Å². The summed E-state index contributed by atoms with van der Waals surface area (Å²) in [6.07, 6.45) is 5.60. The molecule has 4 heterocycles. The van der Waals surface area contributed by atoms with Crippen molar-refractivity contribution in [1.82, 2.24) is 28.5 Å². The Hall–Kier alpha value is -4.49. The number of benzene rings is 1. The van der Waals surface area contributed by atoms with Crippen LogP contribution in [0.2, 0.25) is 5.02 Å². The number of fused-ring (bicyclic) bond motifs is 2. The number of carbonyl (C=O) groups excluding carboxylic acids is 1. The van der Waals surface area contributed by atoms with Crippen molar-refractivity contribution in [2.45, 2.75) is 32.9 Å². The number of rotatable bonds is 5. The molecule has 0 N–H and O–H groups in total. The van der Waals surface area contributed by atoms with Crippen LogP contribution in [-0.2, 0) is 32.0 Å². The first-order chi connectivity index (χ1) is 18.7. The van der Waals surface area contributed by atoms with Crippen molar-refractivity contribution >= 4 is 39.4 Å². The zero-order valence-electron chi connectivity index (χ0n) is 21.7. The van der Waals surface area contributed by atoms with Crippen molar-refractivity contribution in [2.24, 2.45) is 25.0 Å². The van der Waals surface area contributed by atoms with E-state index in [2.05, 4.69) is 16.0 Å². The van der Waals surface area contributed by atoms with Gasteiger partial charge in [0.1, 0.15) is 17.1 Å². The summed E-state index contributed by atoms with van der Waals surface area (Å²) in [5.74, 6) is 0.0338. The van der Waals surface area contributed by atoms with Gasteiger partial charge in [0, 0.05) is 50.4 Å². The first-order valence-corrected chi connectivity index (χ1v) is 13.0. The van der Waals surface area contributed by atoms with Crippen LogP contribution in [0, 0.1) is 17.2 Å². The molecule has 1 amide bonds. The molecule has 1 saturated carbocycles. The third kappa shape index (κ3) is 4.34. The molecule has 4 aromatic heterocycles. The lowest BCUT2D eigenvalue weighted by molar-refractivity contribution is -0.116. The van der Waals surface area contributed by atoms with Gasteiger partial charge < -0.3 is 4.57 Å². The molecule has 11 heteroatoms. The highest BCUT2D eigenvalue weighted by Gasteiger charge is 2.28. The van der Waals surface area contributed by atoms with Crippen molar-refractivity contribution in [2.75, 3.05) is 0 Å². The summed E-state index contributed by atoms with van der Waals surface area (Å²) in [5, 5.41) is 16.4. The van der Waals surface area contributed by atoms with Gasteiger partial charge in [-0.2, -0.15) is 15.4 Å². The second-order valence-electron chi connectivity index (χ2n) is 10.0. The minimum absolute atomic E-state index is 0.272. The highest BCUT2D eigenvalue weighted by atomic mass is 35.5. The van der Waals surface area contributed by atoms with Crippen molar-refractivity contribution in [3.05, 3.63) is 74.8 Å². The Kier molecular flexibility index (Phi) is 5.96. The predicted molar refractivity (Wildman–Crippen MR) is 147 cm³/mol. The van der Waals surface area contributed by atoms with Crippen LogP contribution in [0.3, 0.4) is 0 Å². The first kappa shape index (κ1) is 24.8. The van der Waals surface area contributed by atoms with Crippen molar-refractivity contribution < 1.29 is 4.79 Å². The normalized spacial score (nSPS) is 13.9. The Bertz CT molecular complexity index is 1980. The van der Waals surface area contributed by atoms with Crippen LogP contribution in [0.5, 0.6) is 0 Å². The number of halogens is 1. The molecule has 1 aromatic carbocycles. The summed E-state index contributed by atoms with van der Waals surface area (Å²) in [6, 6.07) is 11.4.